The molecular weight excluding hydrogens is 270 g/mol. The number of hydrogen-bond acceptors (Lipinski definition) is 6. The summed E-state index contributed by atoms with van der Waals surface area (Å²) >= 11 is 1.64. The fourth-order valence-corrected chi connectivity index (χ4v) is 2.83. The zero-order valence-electron chi connectivity index (χ0n) is 10.0. The van der Waals surface area contributed by atoms with E-state index in [1.165, 1.54) is 17.3 Å². The molecule has 1 aliphatic heterocycles. The molecule has 0 saturated carbocycles. The van der Waals surface area contributed by atoms with Gasteiger partial charge < -0.3 is 10.0 Å². The van der Waals surface area contributed by atoms with E-state index in [2.05, 4.69) is 20.5 Å². The highest BCUT2D eigenvalue weighted by atomic mass is 32.2. The van der Waals surface area contributed by atoms with E-state index < -0.39 is 5.97 Å². The Kier molecular flexibility index (Phi) is 4.50. The summed E-state index contributed by atoms with van der Waals surface area (Å²) in [6.07, 6.45) is 2.76. The molecule has 2 N–H and O–H groups in total. The van der Waals surface area contributed by atoms with E-state index in [1.54, 1.807) is 11.8 Å². The minimum Gasteiger partial charge on any atom is -0.481 e. The number of urea groups is 1. The first-order chi connectivity index (χ1) is 9.16. The number of aliphatic carboxylic acids is 1. The van der Waals surface area contributed by atoms with Crippen molar-refractivity contribution in [1.29, 1.82) is 0 Å². The normalized spacial score (nSPS) is 18.9. The third-order valence-electron chi connectivity index (χ3n) is 2.60. The van der Waals surface area contributed by atoms with Crippen molar-refractivity contribution >= 4 is 29.7 Å². The molecule has 2 heterocycles. The summed E-state index contributed by atoms with van der Waals surface area (Å²) in [5.41, 5.74) is 0. The number of hydrogen-bond donors (Lipinski definition) is 2. The fraction of sp³-hybridized carbons (Fsp3) is 0.500. The SMILES string of the molecule is O=C(O)CC1CSCCN1C(=O)Nc1nccnn1. The molecule has 1 aromatic rings. The number of nitrogens with one attached hydrogen (secondary N) is 1. The van der Waals surface area contributed by atoms with Gasteiger partial charge >= 0.3 is 12.0 Å². The Morgan fingerprint density at radius 2 is 2.37 bits per heavy atom. The molecule has 0 aromatic carbocycles. The minimum atomic E-state index is -0.914. The maximum Gasteiger partial charge on any atom is 0.324 e. The summed E-state index contributed by atoms with van der Waals surface area (Å²) in [7, 11) is 0. The molecule has 0 spiro atoms. The highest BCUT2D eigenvalue weighted by molar-refractivity contribution is 7.99. The lowest BCUT2D eigenvalue weighted by atomic mass is 10.2. The Morgan fingerprint density at radius 3 is 3.05 bits per heavy atom. The van der Waals surface area contributed by atoms with Crippen LogP contribution in [0, 0.1) is 0 Å². The van der Waals surface area contributed by atoms with Crippen molar-refractivity contribution < 1.29 is 14.7 Å². The number of anilines is 1. The molecule has 1 unspecified atom stereocenters. The second-order valence-electron chi connectivity index (χ2n) is 3.92. The molecule has 102 valence electrons. The van der Waals surface area contributed by atoms with Crippen molar-refractivity contribution in [2.75, 3.05) is 23.4 Å². The van der Waals surface area contributed by atoms with Gasteiger partial charge in [-0.05, 0) is 0 Å². The van der Waals surface area contributed by atoms with Gasteiger partial charge in [0.1, 0.15) is 0 Å². The van der Waals surface area contributed by atoms with Crippen molar-refractivity contribution in [1.82, 2.24) is 20.1 Å². The van der Waals surface area contributed by atoms with Gasteiger partial charge in [0, 0.05) is 18.1 Å². The van der Waals surface area contributed by atoms with Crippen molar-refractivity contribution in [3.05, 3.63) is 12.4 Å². The summed E-state index contributed by atoms with van der Waals surface area (Å²) in [5, 5.41) is 18.6. The molecule has 2 amide bonds. The van der Waals surface area contributed by atoms with E-state index >= 15 is 0 Å². The van der Waals surface area contributed by atoms with Crippen molar-refractivity contribution in [3.8, 4) is 0 Å². The van der Waals surface area contributed by atoms with Gasteiger partial charge in [0.2, 0.25) is 0 Å². The van der Waals surface area contributed by atoms with Crippen LogP contribution in [0.2, 0.25) is 0 Å². The van der Waals surface area contributed by atoms with Crippen molar-refractivity contribution in [2.45, 2.75) is 12.5 Å². The Labute approximate surface area is 113 Å². The smallest absolute Gasteiger partial charge is 0.324 e. The third kappa shape index (κ3) is 3.78. The van der Waals surface area contributed by atoms with E-state index in [1.807, 2.05) is 0 Å². The summed E-state index contributed by atoms with van der Waals surface area (Å²) in [5.74, 6) is 0.605. The van der Waals surface area contributed by atoms with Crippen LogP contribution in [0.4, 0.5) is 10.7 Å². The second kappa shape index (κ2) is 6.32. The number of thioether (sulfide) groups is 1. The first kappa shape index (κ1) is 13.5. The molecule has 0 radical (unpaired) electrons. The highest BCUT2D eigenvalue weighted by Gasteiger charge is 2.29. The van der Waals surface area contributed by atoms with E-state index in [0.29, 0.717) is 12.3 Å². The Hall–Kier alpha value is -1.90. The van der Waals surface area contributed by atoms with E-state index in [4.69, 9.17) is 5.11 Å². The number of nitrogens with zero attached hydrogens (tertiary/aromatic N) is 4. The summed E-state index contributed by atoms with van der Waals surface area (Å²) in [6.45, 7) is 0.509. The molecule has 1 atom stereocenters. The Morgan fingerprint density at radius 1 is 1.53 bits per heavy atom. The number of aromatic nitrogens is 3. The zero-order chi connectivity index (χ0) is 13.7. The molecule has 19 heavy (non-hydrogen) atoms. The molecule has 1 fully saturated rings. The van der Waals surface area contributed by atoms with Crippen LogP contribution in [0.25, 0.3) is 0 Å². The minimum absolute atomic E-state index is 0.0612. The zero-order valence-corrected chi connectivity index (χ0v) is 10.8. The summed E-state index contributed by atoms with van der Waals surface area (Å²) < 4.78 is 0. The first-order valence-electron chi connectivity index (χ1n) is 5.67. The first-order valence-corrected chi connectivity index (χ1v) is 6.83. The molecule has 0 bridgehead atoms. The lowest BCUT2D eigenvalue weighted by Crippen LogP contribution is -2.49. The van der Waals surface area contributed by atoms with Crippen LogP contribution in [0.5, 0.6) is 0 Å². The average Bonchev–Trinajstić information content (AvgIpc) is 2.39. The third-order valence-corrected chi connectivity index (χ3v) is 3.69. The van der Waals surface area contributed by atoms with Gasteiger partial charge in [-0.3, -0.25) is 10.1 Å². The topological polar surface area (TPSA) is 108 Å². The van der Waals surface area contributed by atoms with Crippen LogP contribution in [0.1, 0.15) is 6.42 Å². The highest BCUT2D eigenvalue weighted by Crippen LogP contribution is 2.19. The summed E-state index contributed by atoms with van der Waals surface area (Å²) in [4.78, 5) is 28.2. The van der Waals surface area contributed by atoms with Crippen molar-refractivity contribution in [3.63, 3.8) is 0 Å². The van der Waals surface area contributed by atoms with Gasteiger partial charge in [0.25, 0.3) is 5.95 Å². The molecular formula is C10H13N5O3S. The molecule has 1 aliphatic rings. The fourth-order valence-electron chi connectivity index (χ4n) is 1.77. The van der Waals surface area contributed by atoms with Crippen LogP contribution in [-0.2, 0) is 4.79 Å². The summed E-state index contributed by atoms with van der Waals surface area (Å²) in [6, 6.07) is -0.701. The number of carboxylic acid groups (broad SMARTS) is 1. The quantitative estimate of drug-likeness (QED) is 0.821. The van der Waals surface area contributed by atoms with Gasteiger partial charge in [-0.1, -0.05) is 0 Å². The van der Waals surface area contributed by atoms with Gasteiger partial charge in [0.05, 0.1) is 24.9 Å². The molecule has 1 saturated heterocycles. The number of amides is 2. The van der Waals surface area contributed by atoms with Crippen LogP contribution < -0.4 is 5.32 Å². The lowest BCUT2D eigenvalue weighted by Gasteiger charge is -2.34. The predicted octanol–water partition coefficient (Wildman–Crippen LogP) is 0.296. The average molecular weight is 283 g/mol. The second-order valence-corrected chi connectivity index (χ2v) is 5.07. The van der Waals surface area contributed by atoms with Gasteiger partial charge in [-0.15, -0.1) is 5.10 Å². The van der Waals surface area contributed by atoms with E-state index in [0.717, 1.165) is 5.75 Å². The predicted molar refractivity (Wildman–Crippen MR) is 68.9 cm³/mol. The molecule has 9 heteroatoms. The van der Waals surface area contributed by atoms with E-state index in [9.17, 15) is 9.59 Å². The largest absolute Gasteiger partial charge is 0.481 e. The standard InChI is InChI=1S/C10H13N5O3S/c16-8(17)5-7-6-19-4-3-15(7)10(18)13-9-11-1-2-12-14-9/h1-2,7H,3-6H2,(H,16,17)(H,11,13,14,18). The maximum atomic E-state index is 12.1. The number of carbonyl (C=O) groups is 2. The molecule has 1 aromatic heterocycles. The Bertz CT molecular complexity index is 458. The number of carbonyl (C=O) groups excluding carboxylic acids is 1. The number of rotatable bonds is 3. The Balaban J connectivity index is 2.01. The van der Waals surface area contributed by atoms with Crippen LogP contribution >= 0.6 is 11.8 Å². The van der Waals surface area contributed by atoms with Crippen LogP contribution in [0.3, 0.4) is 0 Å². The number of carboxylic acids is 1. The van der Waals surface area contributed by atoms with Crippen LogP contribution in [-0.4, -0.2) is 61.3 Å². The van der Waals surface area contributed by atoms with Crippen LogP contribution in [0.15, 0.2) is 12.4 Å². The van der Waals surface area contributed by atoms with Gasteiger partial charge in [-0.2, -0.15) is 16.9 Å². The van der Waals surface area contributed by atoms with E-state index in [-0.39, 0.29) is 24.4 Å². The van der Waals surface area contributed by atoms with Gasteiger partial charge in [-0.25, -0.2) is 9.78 Å². The maximum absolute atomic E-state index is 12.1. The van der Waals surface area contributed by atoms with Crippen molar-refractivity contribution in [2.24, 2.45) is 0 Å². The molecule has 0 aliphatic carbocycles. The monoisotopic (exact) mass is 283 g/mol. The molecule has 2 rings (SSSR count). The van der Waals surface area contributed by atoms with Gasteiger partial charge in [0.15, 0.2) is 0 Å². The molecule has 8 nitrogen and oxygen atoms in total. The lowest BCUT2D eigenvalue weighted by molar-refractivity contribution is -0.137.